The second-order valence-corrected chi connectivity index (χ2v) is 11.7. The molecular weight excluding hydrogens is 376 g/mol. The molecule has 0 spiro atoms. The molecule has 0 aromatic heterocycles. The van der Waals surface area contributed by atoms with Crippen LogP contribution in [0, 0.1) is 22.7 Å². The van der Waals surface area contributed by atoms with Crippen molar-refractivity contribution in [3.63, 3.8) is 0 Å². The number of fused-ring (bicyclic) bond motifs is 1. The summed E-state index contributed by atoms with van der Waals surface area (Å²) in [4.78, 5) is 0. The van der Waals surface area contributed by atoms with E-state index in [4.69, 9.17) is 0 Å². The molecule has 2 aliphatic rings. The zero-order valence-electron chi connectivity index (χ0n) is 21.9. The number of rotatable bonds is 9. The first kappa shape index (κ1) is 26.2. The van der Waals surface area contributed by atoms with Gasteiger partial charge in [0.05, 0.1) is 6.10 Å². The number of allylic oxidation sites excluding steroid dienone is 8. The van der Waals surface area contributed by atoms with Crippen molar-refractivity contribution in [1.29, 1.82) is 0 Å². The summed E-state index contributed by atoms with van der Waals surface area (Å²) in [6.45, 7) is 18.4. The molecule has 0 aromatic rings. The molecule has 2 aliphatic carbocycles. The van der Waals surface area contributed by atoms with Crippen LogP contribution in [0.4, 0.5) is 0 Å². The summed E-state index contributed by atoms with van der Waals surface area (Å²) in [5, 5.41) is 10.6. The zero-order chi connectivity index (χ0) is 23.2. The molecule has 1 N–H and O–H groups in total. The molecule has 0 bridgehead atoms. The number of aliphatic hydroxyl groups excluding tert-OH is 1. The van der Waals surface area contributed by atoms with Crippen molar-refractivity contribution in [2.24, 2.45) is 22.7 Å². The Bertz CT molecular complexity index is 713. The number of hydrogen-bond donors (Lipinski definition) is 1. The smallest absolute Gasteiger partial charge is 0.0594 e. The maximum absolute atomic E-state index is 10.6. The lowest BCUT2D eigenvalue weighted by Crippen LogP contribution is -2.54. The van der Waals surface area contributed by atoms with E-state index in [1.54, 1.807) is 5.57 Å². The van der Waals surface area contributed by atoms with Gasteiger partial charge in [0.25, 0.3) is 0 Å². The van der Waals surface area contributed by atoms with Gasteiger partial charge in [-0.25, -0.2) is 0 Å². The minimum Gasteiger partial charge on any atom is -0.393 e. The minimum absolute atomic E-state index is 0.0179. The maximum atomic E-state index is 10.6. The molecule has 1 fully saturated rings. The summed E-state index contributed by atoms with van der Waals surface area (Å²) < 4.78 is 0. The molecule has 0 saturated heterocycles. The molecule has 1 saturated carbocycles. The predicted octanol–water partition coefficient (Wildman–Crippen LogP) is 8.96. The van der Waals surface area contributed by atoms with Crippen molar-refractivity contribution in [2.75, 3.05) is 0 Å². The fourth-order valence-electron chi connectivity index (χ4n) is 6.42. The van der Waals surface area contributed by atoms with E-state index >= 15 is 0 Å². The van der Waals surface area contributed by atoms with Crippen LogP contribution in [0.3, 0.4) is 0 Å². The highest BCUT2D eigenvalue weighted by molar-refractivity contribution is 5.19. The Hall–Kier alpha value is -1.08. The second kappa shape index (κ2) is 11.2. The van der Waals surface area contributed by atoms with Gasteiger partial charge in [-0.05, 0) is 115 Å². The molecule has 0 aromatic carbocycles. The quantitative estimate of drug-likeness (QED) is 0.365. The zero-order valence-corrected chi connectivity index (χ0v) is 21.9. The van der Waals surface area contributed by atoms with Crippen molar-refractivity contribution < 1.29 is 5.11 Å². The molecule has 2 unspecified atom stereocenters. The first-order valence-corrected chi connectivity index (χ1v) is 12.8. The highest BCUT2D eigenvalue weighted by atomic mass is 16.3. The summed E-state index contributed by atoms with van der Waals surface area (Å²) in [5.74, 6) is 1.24. The van der Waals surface area contributed by atoms with Gasteiger partial charge in [0.15, 0.2) is 0 Å². The van der Waals surface area contributed by atoms with Gasteiger partial charge in [0.2, 0.25) is 0 Å². The standard InChI is InChI=1S/C30H50O/c1-22(2)12-9-13-23(3)14-10-15-24(4)16-11-17-26-25(5)18-19-27-29(6,7)28(31)20-21-30(26,27)8/h12,14,16,18,26-28,31H,9-11,13,15,17,19-21H2,1-8H3/b23-14+,24-16+/t26?,27?,28-,30+/m0/s1. The molecule has 2 rings (SSSR count). The Balaban J connectivity index is 1.90. The SMILES string of the molecule is CC(C)=CCC/C(C)=C/CC/C(C)=C/CCC1C(C)=CCC2C(C)(C)[C@@H](O)CC[C@]12C. The van der Waals surface area contributed by atoms with Gasteiger partial charge < -0.3 is 5.11 Å². The second-order valence-electron chi connectivity index (χ2n) is 11.7. The third-order valence-electron chi connectivity index (χ3n) is 8.60. The largest absolute Gasteiger partial charge is 0.393 e. The average Bonchev–Trinajstić information content (AvgIpc) is 2.67. The maximum Gasteiger partial charge on any atom is 0.0594 e. The highest BCUT2D eigenvalue weighted by Crippen LogP contribution is 2.60. The van der Waals surface area contributed by atoms with Crippen LogP contribution >= 0.6 is 0 Å². The Morgan fingerprint density at radius 2 is 1.55 bits per heavy atom. The van der Waals surface area contributed by atoms with Crippen LogP contribution in [-0.2, 0) is 0 Å². The summed E-state index contributed by atoms with van der Waals surface area (Å²) >= 11 is 0. The first-order chi connectivity index (χ1) is 14.5. The van der Waals surface area contributed by atoms with Crippen LogP contribution in [0.1, 0.15) is 113 Å². The molecule has 0 amide bonds. The van der Waals surface area contributed by atoms with Crippen LogP contribution < -0.4 is 0 Å². The monoisotopic (exact) mass is 426 g/mol. The molecule has 31 heavy (non-hydrogen) atoms. The summed E-state index contributed by atoms with van der Waals surface area (Å²) in [5.41, 5.74) is 6.41. The fraction of sp³-hybridized carbons (Fsp3) is 0.733. The molecule has 4 atom stereocenters. The molecular formula is C30H50O. The molecule has 0 radical (unpaired) electrons. The van der Waals surface area contributed by atoms with Crippen LogP contribution in [-0.4, -0.2) is 11.2 Å². The Morgan fingerprint density at radius 1 is 0.968 bits per heavy atom. The lowest BCUT2D eigenvalue weighted by atomic mass is 9.47. The van der Waals surface area contributed by atoms with Crippen LogP contribution in [0.25, 0.3) is 0 Å². The van der Waals surface area contributed by atoms with Gasteiger partial charge in [0.1, 0.15) is 0 Å². The Labute approximate surface area is 193 Å². The summed E-state index contributed by atoms with van der Waals surface area (Å²) in [6, 6.07) is 0. The summed E-state index contributed by atoms with van der Waals surface area (Å²) in [6.07, 6.45) is 20.0. The molecule has 1 heteroatoms. The van der Waals surface area contributed by atoms with E-state index in [-0.39, 0.29) is 11.5 Å². The van der Waals surface area contributed by atoms with Gasteiger partial charge in [0, 0.05) is 0 Å². The topological polar surface area (TPSA) is 20.2 Å². The van der Waals surface area contributed by atoms with E-state index in [0.717, 1.165) is 25.7 Å². The van der Waals surface area contributed by atoms with E-state index in [1.807, 2.05) is 0 Å². The van der Waals surface area contributed by atoms with Crippen molar-refractivity contribution in [3.8, 4) is 0 Å². The van der Waals surface area contributed by atoms with Crippen molar-refractivity contribution in [1.82, 2.24) is 0 Å². The van der Waals surface area contributed by atoms with Gasteiger partial charge >= 0.3 is 0 Å². The van der Waals surface area contributed by atoms with E-state index in [1.165, 1.54) is 48.8 Å². The number of aliphatic hydroxyl groups is 1. The van der Waals surface area contributed by atoms with E-state index < -0.39 is 0 Å². The molecule has 176 valence electrons. The van der Waals surface area contributed by atoms with E-state index in [9.17, 15) is 5.11 Å². The Morgan fingerprint density at radius 3 is 2.16 bits per heavy atom. The normalized spacial score (nSPS) is 31.1. The van der Waals surface area contributed by atoms with E-state index in [2.05, 4.69) is 79.7 Å². The third kappa shape index (κ3) is 6.70. The lowest BCUT2D eigenvalue weighted by Gasteiger charge is -2.58. The number of hydrogen-bond acceptors (Lipinski definition) is 1. The third-order valence-corrected chi connectivity index (χ3v) is 8.60. The molecule has 0 aliphatic heterocycles. The van der Waals surface area contributed by atoms with E-state index in [0.29, 0.717) is 17.3 Å². The van der Waals surface area contributed by atoms with Gasteiger partial charge in [-0.3, -0.25) is 0 Å². The van der Waals surface area contributed by atoms with Gasteiger partial charge in [-0.2, -0.15) is 0 Å². The van der Waals surface area contributed by atoms with Gasteiger partial charge in [-0.15, -0.1) is 0 Å². The average molecular weight is 427 g/mol. The molecule has 1 nitrogen and oxygen atoms in total. The highest BCUT2D eigenvalue weighted by Gasteiger charge is 2.54. The first-order valence-electron chi connectivity index (χ1n) is 12.8. The van der Waals surface area contributed by atoms with Crippen molar-refractivity contribution in [2.45, 2.75) is 119 Å². The Kier molecular flexibility index (Phi) is 9.43. The minimum atomic E-state index is -0.154. The molecule has 0 heterocycles. The van der Waals surface area contributed by atoms with Crippen molar-refractivity contribution in [3.05, 3.63) is 46.6 Å². The fourth-order valence-corrected chi connectivity index (χ4v) is 6.42. The summed E-state index contributed by atoms with van der Waals surface area (Å²) in [7, 11) is 0. The van der Waals surface area contributed by atoms with Crippen LogP contribution in [0.15, 0.2) is 46.6 Å². The van der Waals surface area contributed by atoms with Crippen LogP contribution in [0.5, 0.6) is 0 Å². The predicted molar refractivity (Wildman–Crippen MR) is 137 cm³/mol. The lowest BCUT2D eigenvalue weighted by molar-refractivity contribution is -0.115. The van der Waals surface area contributed by atoms with Crippen molar-refractivity contribution >= 4 is 0 Å². The van der Waals surface area contributed by atoms with Gasteiger partial charge in [-0.1, -0.05) is 67.4 Å². The van der Waals surface area contributed by atoms with Crippen LogP contribution in [0.2, 0.25) is 0 Å².